The molecule has 1 saturated carbocycles. The highest BCUT2D eigenvalue weighted by Crippen LogP contribution is 2.24. The second-order valence-electron chi connectivity index (χ2n) is 5.22. The molecule has 3 heteroatoms. The van der Waals surface area contributed by atoms with Crippen molar-refractivity contribution < 1.29 is 5.11 Å². The number of hydrogen-bond donors (Lipinski definition) is 2. The molecule has 0 bridgehead atoms. The van der Waals surface area contributed by atoms with Crippen molar-refractivity contribution in [3.05, 3.63) is 24.0 Å². The van der Waals surface area contributed by atoms with E-state index in [0.717, 1.165) is 32.5 Å². The Morgan fingerprint density at radius 3 is 3.06 bits per heavy atom. The van der Waals surface area contributed by atoms with Crippen molar-refractivity contribution in [1.29, 1.82) is 0 Å². The third-order valence-electron chi connectivity index (χ3n) is 3.57. The van der Waals surface area contributed by atoms with Crippen LogP contribution < -0.4 is 5.32 Å². The molecule has 0 aliphatic heterocycles. The second kappa shape index (κ2) is 6.22. The highest BCUT2D eigenvalue weighted by molar-refractivity contribution is 5.09. The Morgan fingerprint density at radius 2 is 2.35 bits per heavy atom. The molecule has 96 valence electrons. The molecule has 3 nitrogen and oxygen atoms in total. The van der Waals surface area contributed by atoms with Gasteiger partial charge in [0.15, 0.2) is 0 Å². The van der Waals surface area contributed by atoms with Gasteiger partial charge in [0.2, 0.25) is 0 Å². The SMILES string of the molecule is CCCn1ccc(CNCC2CCC(O)C2)c1. The van der Waals surface area contributed by atoms with Crippen LogP contribution in [0.15, 0.2) is 18.5 Å². The van der Waals surface area contributed by atoms with Gasteiger partial charge in [0.05, 0.1) is 6.10 Å². The quantitative estimate of drug-likeness (QED) is 0.794. The van der Waals surface area contributed by atoms with Crippen LogP contribution in [0.4, 0.5) is 0 Å². The Balaban J connectivity index is 1.67. The predicted molar refractivity (Wildman–Crippen MR) is 69.8 cm³/mol. The van der Waals surface area contributed by atoms with Crippen LogP contribution in [0, 0.1) is 5.92 Å². The van der Waals surface area contributed by atoms with Crippen LogP contribution in [0.3, 0.4) is 0 Å². The first-order valence-corrected chi connectivity index (χ1v) is 6.81. The molecule has 0 amide bonds. The van der Waals surface area contributed by atoms with Gasteiger partial charge in [-0.3, -0.25) is 0 Å². The highest BCUT2D eigenvalue weighted by atomic mass is 16.3. The number of hydrogen-bond acceptors (Lipinski definition) is 2. The van der Waals surface area contributed by atoms with E-state index in [1.165, 1.54) is 18.4 Å². The first-order valence-electron chi connectivity index (χ1n) is 6.81. The standard InChI is InChI=1S/C14H24N2O/c1-2-6-16-7-5-13(11-16)10-15-9-12-3-4-14(17)8-12/h5,7,11-12,14-15,17H,2-4,6,8-10H2,1H3. The molecule has 1 heterocycles. The first-order chi connectivity index (χ1) is 8.28. The fourth-order valence-electron chi connectivity index (χ4n) is 2.65. The summed E-state index contributed by atoms with van der Waals surface area (Å²) in [6.45, 7) is 5.29. The van der Waals surface area contributed by atoms with Gasteiger partial charge in [0, 0.05) is 25.5 Å². The summed E-state index contributed by atoms with van der Waals surface area (Å²) in [5, 5.41) is 12.9. The molecule has 1 aliphatic rings. The van der Waals surface area contributed by atoms with E-state index in [9.17, 15) is 5.11 Å². The molecule has 2 rings (SSSR count). The maximum atomic E-state index is 9.45. The van der Waals surface area contributed by atoms with Crippen molar-refractivity contribution in [3.8, 4) is 0 Å². The fourth-order valence-corrected chi connectivity index (χ4v) is 2.65. The third-order valence-corrected chi connectivity index (χ3v) is 3.57. The van der Waals surface area contributed by atoms with Gasteiger partial charge in [-0.25, -0.2) is 0 Å². The number of rotatable bonds is 6. The van der Waals surface area contributed by atoms with Gasteiger partial charge in [-0.15, -0.1) is 0 Å². The molecular formula is C14H24N2O. The molecular weight excluding hydrogens is 212 g/mol. The lowest BCUT2D eigenvalue weighted by molar-refractivity contribution is 0.177. The highest BCUT2D eigenvalue weighted by Gasteiger charge is 2.21. The van der Waals surface area contributed by atoms with Gasteiger partial charge in [-0.1, -0.05) is 6.92 Å². The molecule has 1 fully saturated rings. The van der Waals surface area contributed by atoms with Crippen LogP contribution in [0.5, 0.6) is 0 Å². The average molecular weight is 236 g/mol. The molecule has 0 aromatic carbocycles. The van der Waals surface area contributed by atoms with Crippen molar-refractivity contribution in [2.45, 2.75) is 51.8 Å². The summed E-state index contributed by atoms with van der Waals surface area (Å²) in [6.07, 6.45) is 8.64. The lowest BCUT2D eigenvalue weighted by Gasteiger charge is -2.09. The minimum absolute atomic E-state index is 0.0487. The van der Waals surface area contributed by atoms with Crippen molar-refractivity contribution >= 4 is 0 Å². The zero-order chi connectivity index (χ0) is 12.1. The second-order valence-corrected chi connectivity index (χ2v) is 5.22. The summed E-state index contributed by atoms with van der Waals surface area (Å²) in [6, 6.07) is 2.19. The van der Waals surface area contributed by atoms with Gasteiger partial charge in [-0.2, -0.15) is 0 Å². The molecule has 1 aromatic heterocycles. The number of aryl methyl sites for hydroxylation is 1. The van der Waals surface area contributed by atoms with Crippen LogP contribution >= 0.6 is 0 Å². The van der Waals surface area contributed by atoms with E-state index < -0.39 is 0 Å². The van der Waals surface area contributed by atoms with Crippen molar-refractivity contribution in [2.75, 3.05) is 6.54 Å². The molecule has 2 unspecified atom stereocenters. The normalized spacial score (nSPS) is 24.4. The molecule has 17 heavy (non-hydrogen) atoms. The van der Waals surface area contributed by atoms with Crippen molar-refractivity contribution in [1.82, 2.24) is 9.88 Å². The van der Waals surface area contributed by atoms with E-state index in [1.807, 2.05) is 0 Å². The molecule has 0 spiro atoms. The van der Waals surface area contributed by atoms with Gasteiger partial charge in [0.1, 0.15) is 0 Å². The zero-order valence-corrected chi connectivity index (χ0v) is 10.7. The molecule has 1 aromatic rings. The Labute approximate surface area is 104 Å². The Bertz CT molecular complexity index is 335. The molecule has 2 N–H and O–H groups in total. The number of aliphatic hydroxyl groups is 1. The van der Waals surface area contributed by atoms with Crippen molar-refractivity contribution in [3.63, 3.8) is 0 Å². The number of aliphatic hydroxyl groups excluding tert-OH is 1. The zero-order valence-electron chi connectivity index (χ0n) is 10.7. The van der Waals surface area contributed by atoms with E-state index >= 15 is 0 Å². The number of nitrogens with one attached hydrogen (secondary N) is 1. The Hall–Kier alpha value is -0.800. The minimum atomic E-state index is -0.0487. The van der Waals surface area contributed by atoms with Gasteiger partial charge in [0.25, 0.3) is 0 Å². The van der Waals surface area contributed by atoms with E-state index in [0.29, 0.717) is 5.92 Å². The topological polar surface area (TPSA) is 37.2 Å². The summed E-state index contributed by atoms with van der Waals surface area (Å²) >= 11 is 0. The molecule has 0 radical (unpaired) electrons. The Kier molecular flexibility index (Phi) is 4.63. The Morgan fingerprint density at radius 1 is 1.47 bits per heavy atom. The third kappa shape index (κ3) is 3.86. The van der Waals surface area contributed by atoms with Gasteiger partial charge < -0.3 is 15.0 Å². The first kappa shape index (κ1) is 12.7. The maximum absolute atomic E-state index is 9.45. The summed E-state index contributed by atoms with van der Waals surface area (Å²) in [4.78, 5) is 0. The lowest BCUT2D eigenvalue weighted by Crippen LogP contribution is -2.21. The van der Waals surface area contributed by atoms with Gasteiger partial charge >= 0.3 is 0 Å². The molecule has 0 saturated heterocycles. The van der Waals surface area contributed by atoms with Gasteiger partial charge in [-0.05, 0) is 49.8 Å². The summed E-state index contributed by atoms with van der Waals surface area (Å²) in [7, 11) is 0. The predicted octanol–water partition coefficient (Wildman–Crippen LogP) is 2.15. The van der Waals surface area contributed by atoms with Crippen LogP contribution in [0.25, 0.3) is 0 Å². The largest absolute Gasteiger partial charge is 0.393 e. The monoisotopic (exact) mass is 236 g/mol. The van der Waals surface area contributed by atoms with E-state index in [-0.39, 0.29) is 6.10 Å². The van der Waals surface area contributed by atoms with Crippen LogP contribution in [-0.4, -0.2) is 22.3 Å². The summed E-state index contributed by atoms with van der Waals surface area (Å²) < 4.78 is 2.25. The van der Waals surface area contributed by atoms with Crippen LogP contribution in [0.1, 0.15) is 38.2 Å². The molecule has 2 atom stereocenters. The lowest BCUT2D eigenvalue weighted by atomic mass is 10.1. The fraction of sp³-hybridized carbons (Fsp3) is 0.714. The van der Waals surface area contributed by atoms with E-state index in [1.54, 1.807) is 0 Å². The van der Waals surface area contributed by atoms with Crippen LogP contribution in [-0.2, 0) is 13.1 Å². The van der Waals surface area contributed by atoms with E-state index in [2.05, 4.69) is 35.3 Å². The number of nitrogens with zero attached hydrogens (tertiary/aromatic N) is 1. The smallest absolute Gasteiger partial charge is 0.0543 e. The molecule has 1 aliphatic carbocycles. The summed E-state index contributed by atoms with van der Waals surface area (Å²) in [5.74, 6) is 0.669. The van der Waals surface area contributed by atoms with E-state index in [4.69, 9.17) is 0 Å². The average Bonchev–Trinajstić information content (AvgIpc) is 2.89. The van der Waals surface area contributed by atoms with Crippen molar-refractivity contribution in [2.24, 2.45) is 5.92 Å². The summed E-state index contributed by atoms with van der Waals surface area (Å²) in [5.41, 5.74) is 1.36. The maximum Gasteiger partial charge on any atom is 0.0543 e. The minimum Gasteiger partial charge on any atom is -0.393 e. The van der Waals surface area contributed by atoms with Crippen LogP contribution in [0.2, 0.25) is 0 Å². The number of aromatic nitrogens is 1.